The molecule has 0 saturated carbocycles. The van der Waals surface area contributed by atoms with Gasteiger partial charge in [0.2, 0.25) is 0 Å². The van der Waals surface area contributed by atoms with Crippen molar-refractivity contribution >= 4 is 144 Å². The van der Waals surface area contributed by atoms with Crippen LogP contribution in [0.3, 0.4) is 0 Å². The molecule has 0 atom stereocenters. The van der Waals surface area contributed by atoms with Crippen LogP contribution in [0.25, 0.3) is 96.6 Å². The van der Waals surface area contributed by atoms with Crippen molar-refractivity contribution < 1.29 is 9.47 Å². The second kappa shape index (κ2) is 29.4. The number of nitriles is 2. The van der Waals surface area contributed by atoms with Gasteiger partial charge in [-0.2, -0.15) is 10.5 Å². The lowest BCUT2D eigenvalue weighted by molar-refractivity contribution is 0.486. The number of hydrogen-bond donors (Lipinski definition) is 0. The first kappa shape index (κ1) is 72.5. The van der Waals surface area contributed by atoms with Crippen LogP contribution in [-0.4, -0.2) is 0 Å². The Morgan fingerprint density at radius 1 is 0.254 bits per heavy atom. The summed E-state index contributed by atoms with van der Waals surface area (Å²) < 4.78 is 13.9. The molecule has 0 aromatic heterocycles. The van der Waals surface area contributed by atoms with Crippen LogP contribution in [0.1, 0.15) is 55.6 Å². The topological polar surface area (TPSA) is 87.7 Å². The maximum absolute atomic E-state index is 9.76. The van der Waals surface area contributed by atoms with Crippen molar-refractivity contribution in [3.63, 3.8) is 0 Å². The largest absolute Gasteiger partial charge is 0.456 e. The van der Waals surface area contributed by atoms with Gasteiger partial charge in [0.1, 0.15) is 23.0 Å². The minimum atomic E-state index is 0.608. The molecule has 10 heteroatoms. The molecule has 18 aromatic rings. The molecule has 0 radical (unpaired) electrons. The highest BCUT2D eigenvalue weighted by Crippen LogP contribution is 2.57. The van der Waals surface area contributed by atoms with Crippen molar-refractivity contribution in [3.05, 3.63) is 394 Å². The van der Waals surface area contributed by atoms with Gasteiger partial charge in [0, 0.05) is 96.0 Å². The highest BCUT2D eigenvalue weighted by atomic mass is 16.5. The third-order valence-electron chi connectivity index (χ3n) is 23.0. The number of rotatable bonds is 12. The lowest BCUT2D eigenvalue weighted by atomic mass is 9.87. The number of hydrogen-bond acceptors (Lipinski definition) is 8. The van der Waals surface area contributed by atoms with Crippen molar-refractivity contribution in [2.45, 2.75) is 55.4 Å². The van der Waals surface area contributed by atoms with Gasteiger partial charge in [0.25, 0.3) is 0 Å². The third kappa shape index (κ3) is 12.6. The molecule has 10 nitrogen and oxygen atoms in total. The number of fused-ring (bicyclic) bond motifs is 12. The molecule has 118 heavy (non-hydrogen) atoms. The average Bonchev–Trinajstić information content (AvgIpc) is 0.712. The first-order valence-corrected chi connectivity index (χ1v) is 39.5. The molecule has 0 amide bonds. The fourth-order valence-electron chi connectivity index (χ4n) is 17.9. The van der Waals surface area contributed by atoms with Gasteiger partial charge in [-0.1, -0.05) is 157 Å². The molecule has 0 N–H and O–H groups in total. The lowest BCUT2D eigenvalue weighted by Gasteiger charge is -2.31. The summed E-state index contributed by atoms with van der Waals surface area (Å²) in [6.07, 6.45) is 0. The summed E-state index contributed by atoms with van der Waals surface area (Å²) >= 11 is 0. The van der Waals surface area contributed by atoms with E-state index < -0.39 is 0 Å². The Morgan fingerprint density at radius 3 is 1.07 bits per heavy atom. The van der Waals surface area contributed by atoms with Crippen LogP contribution >= 0.6 is 0 Å². The van der Waals surface area contributed by atoms with Gasteiger partial charge in [-0.3, -0.25) is 0 Å². The normalized spacial score (nSPS) is 11.5. The van der Waals surface area contributed by atoms with Gasteiger partial charge < -0.3 is 29.1 Å². The number of benzene rings is 18. The van der Waals surface area contributed by atoms with Gasteiger partial charge in [-0.25, -0.2) is 9.69 Å². The van der Waals surface area contributed by atoms with E-state index >= 15 is 0 Å². The van der Waals surface area contributed by atoms with E-state index in [4.69, 9.17) is 22.6 Å². The molecule has 0 spiro atoms. The average molecular weight is 1520 g/mol. The monoisotopic (exact) mass is 1520 g/mol. The molecule has 0 aliphatic carbocycles. The van der Waals surface area contributed by atoms with Crippen LogP contribution in [0.15, 0.2) is 315 Å². The summed E-state index contributed by atoms with van der Waals surface area (Å²) in [5.41, 5.74) is 27.8. The maximum Gasteiger partial charge on any atom is 0.187 e. The van der Waals surface area contributed by atoms with Crippen LogP contribution in [-0.2, 0) is 0 Å². The summed E-state index contributed by atoms with van der Waals surface area (Å²) in [7, 11) is 0. The Labute approximate surface area is 686 Å². The van der Waals surface area contributed by atoms with Gasteiger partial charge in [-0.05, 0) is 301 Å². The second-order valence-electron chi connectivity index (χ2n) is 30.9. The van der Waals surface area contributed by atoms with Crippen molar-refractivity contribution in [3.8, 4) is 57.4 Å². The zero-order valence-corrected chi connectivity index (χ0v) is 66.4. The van der Waals surface area contributed by atoms with E-state index in [2.05, 4.69) is 309 Å². The minimum Gasteiger partial charge on any atom is -0.456 e. The Kier molecular flexibility index (Phi) is 18.0. The number of para-hydroxylation sites is 4. The molecule has 0 bridgehead atoms. The summed E-state index contributed by atoms with van der Waals surface area (Å²) in [5, 5.41) is 33.0. The van der Waals surface area contributed by atoms with E-state index in [-0.39, 0.29) is 0 Å². The Balaban J connectivity index is 0.000000157. The first-order valence-electron chi connectivity index (χ1n) is 39.5. The van der Waals surface area contributed by atoms with Crippen molar-refractivity contribution in [1.29, 1.82) is 10.5 Å². The molecule has 2 heterocycles. The highest BCUT2D eigenvalue weighted by Gasteiger charge is 2.31. The smallest absolute Gasteiger partial charge is 0.187 e. The van der Waals surface area contributed by atoms with Crippen LogP contribution in [0.2, 0.25) is 0 Å². The number of nitrogens with zero attached hydrogens (tertiary/aromatic N) is 8. The Bertz CT molecular complexity index is 7340. The van der Waals surface area contributed by atoms with Crippen LogP contribution in [0, 0.1) is 91.2 Å². The minimum absolute atomic E-state index is 0.608. The highest BCUT2D eigenvalue weighted by molar-refractivity contribution is 6.28. The van der Waals surface area contributed by atoms with Gasteiger partial charge in [-0.15, -0.1) is 0 Å². The fraction of sp³-hybridized carbons (Fsp3) is 0.0741. The van der Waals surface area contributed by atoms with E-state index in [1.807, 2.05) is 103 Å². The quantitative estimate of drug-likeness (QED) is 0.0883. The Hall–Kier alpha value is -15.7. The molecule has 18 aromatic carbocycles. The number of ether oxygens (including phenoxy) is 2. The van der Waals surface area contributed by atoms with E-state index in [0.717, 1.165) is 190 Å². The van der Waals surface area contributed by atoms with Crippen LogP contribution in [0.4, 0.5) is 79.6 Å². The van der Waals surface area contributed by atoms with E-state index in [1.54, 1.807) is 0 Å². The predicted octanol–water partition coefficient (Wildman–Crippen LogP) is 31.0. The maximum atomic E-state index is 9.76. The van der Waals surface area contributed by atoms with Crippen molar-refractivity contribution in [2.75, 3.05) is 19.6 Å². The van der Waals surface area contributed by atoms with E-state index in [0.29, 0.717) is 22.5 Å². The predicted molar refractivity (Wildman–Crippen MR) is 488 cm³/mol. The van der Waals surface area contributed by atoms with E-state index in [9.17, 15) is 10.5 Å². The fourth-order valence-corrected chi connectivity index (χ4v) is 17.9. The standard InChI is InChI=1S/C56H42N4O.C52H34N4O/c1-33-18-20-44-46(22-33)47-30-50-45-21-19-43(59(41-14-10-8-11-15-41)55-35(3)25-39(32-57)26-36(55)4)29-52(45)61-53-24-34(2)23-49(54(50)53)48(47)31-51(44)60(42-16-12-9-13-17-42)56-37(5)27-40(58-7)28-38(56)6;1-33-14-24-42-44(26-33)45-30-48-43-25-23-41(55(37-10-6-4-7-11-37)39-19-15-35(32-53)16-20-39)29-50(43)57-51-28-34(2)27-47(52(48)51)46(45)31-49(42)56(38-12-8-5-9-13-38)40-21-17-36(54-3)18-22-40/h8-31H,1-6H3;4-31H,1-2H3. The summed E-state index contributed by atoms with van der Waals surface area (Å²) in [5.74, 6) is 3.25. The molecule has 560 valence electrons. The zero-order chi connectivity index (χ0) is 80.7. The summed E-state index contributed by atoms with van der Waals surface area (Å²) in [4.78, 5) is 16.6. The molecule has 0 unspecified atom stereocenters. The molecule has 0 fully saturated rings. The van der Waals surface area contributed by atoms with Crippen molar-refractivity contribution in [2.24, 2.45) is 0 Å². The lowest BCUT2D eigenvalue weighted by Crippen LogP contribution is -2.14. The Morgan fingerprint density at radius 2 is 0.610 bits per heavy atom. The van der Waals surface area contributed by atoms with Crippen molar-refractivity contribution in [1.82, 2.24) is 0 Å². The molecule has 2 aliphatic heterocycles. The molecule has 2 aliphatic rings. The molecular formula is C108H76N8O2. The number of anilines is 12. The second-order valence-corrected chi connectivity index (χ2v) is 30.9. The van der Waals surface area contributed by atoms with Crippen LogP contribution in [0.5, 0.6) is 23.0 Å². The third-order valence-corrected chi connectivity index (χ3v) is 23.0. The summed E-state index contributed by atoms with van der Waals surface area (Å²) in [6.45, 7) is 32.3. The zero-order valence-electron chi connectivity index (χ0n) is 66.4. The molecular weight excluding hydrogens is 1440 g/mol. The SMILES string of the molecule is [C-]#[N+]c1cc(C)c(N(c2ccccc2)c2cc3c4cc(C)cc5c4c(cc3c3cc(C)ccc23)-c2ccc(N(c3ccccc3)c3c(C)cc(C#N)cc3C)cc2O5)c(C)c1.[C-]#[N+]c1ccc(N(c2ccccc2)c2cc3c4cc(C)cc5c4c(cc3c3cc(C)ccc23)-c2ccc(N(c3ccccc3)c3ccc(C#N)cc3)cc2O5)cc1. The molecule has 20 rings (SSSR count). The molecule has 0 saturated heterocycles. The van der Waals surface area contributed by atoms with Gasteiger partial charge in [0.05, 0.1) is 53.5 Å². The van der Waals surface area contributed by atoms with Gasteiger partial charge in [0.15, 0.2) is 11.4 Å². The van der Waals surface area contributed by atoms with E-state index in [1.165, 1.54) is 32.7 Å². The first-order chi connectivity index (χ1) is 57.6. The number of aryl methyl sites for hydroxylation is 8. The van der Waals surface area contributed by atoms with Gasteiger partial charge >= 0.3 is 0 Å². The summed E-state index contributed by atoms with van der Waals surface area (Å²) in [6, 6.07) is 115. The van der Waals surface area contributed by atoms with Crippen LogP contribution < -0.4 is 29.1 Å².